The van der Waals surface area contributed by atoms with Crippen molar-refractivity contribution in [3.63, 3.8) is 0 Å². The highest BCUT2D eigenvalue weighted by Gasteiger charge is 2.44. The summed E-state index contributed by atoms with van der Waals surface area (Å²) >= 11 is 5.25. The van der Waals surface area contributed by atoms with Crippen LogP contribution in [0.3, 0.4) is 0 Å². The second kappa shape index (κ2) is 7.36. The molecule has 0 atom stereocenters. The van der Waals surface area contributed by atoms with Gasteiger partial charge in [0.05, 0.1) is 20.1 Å². The molecule has 110 valence electrons. The van der Waals surface area contributed by atoms with Gasteiger partial charge in [0.15, 0.2) is 0 Å². The Labute approximate surface area is 132 Å². The Morgan fingerprint density at radius 3 is 2.65 bits per heavy atom. The van der Waals surface area contributed by atoms with E-state index in [0.717, 1.165) is 34.6 Å². The van der Waals surface area contributed by atoms with E-state index in [0.29, 0.717) is 13.0 Å². The molecule has 1 aromatic carbocycles. The van der Waals surface area contributed by atoms with E-state index >= 15 is 0 Å². The molecule has 0 N–H and O–H groups in total. The molecule has 2 rings (SSSR count). The van der Waals surface area contributed by atoms with E-state index in [1.54, 1.807) is 0 Å². The Morgan fingerprint density at radius 2 is 2.05 bits per heavy atom. The molecular weight excluding hydrogens is 340 g/mol. The van der Waals surface area contributed by atoms with E-state index in [2.05, 4.69) is 15.9 Å². The fraction of sp³-hybridized carbons (Fsp3) is 0.533. The smallest absolute Gasteiger partial charge is 0.306 e. The molecule has 0 bridgehead atoms. The molecule has 5 heteroatoms. The second-order valence-electron chi connectivity index (χ2n) is 5.11. The third-order valence-electron chi connectivity index (χ3n) is 3.42. The van der Waals surface area contributed by atoms with Crippen LogP contribution in [0.15, 0.2) is 28.7 Å². The maximum atomic E-state index is 11.3. The van der Waals surface area contributed by atoms with Crippen LogP contribution < -0.4 is 4.74 Å². The van der Waals surface area contributed by atoms with Crippen molar-refractivity contribution >= 4 is 33.7 Å². The summed E-state index contributed by atoms with van der Waals surface area (Å²) in [6, 6.07) is 7.85. The predicted molar refractivity (Wildman–Crippen MR) is 85.3 cm³/mol. The monoisotopic (exact) mass is 358 g/mol. The third kappa shape index (κ3) is 5.02. The topological polar surface area (TPSA) is 35.5 Å². The van der Waals surface area contributed by atoms with Gasteiger partial charge in [-0.25, -0.2) is 0 Å². The maximum Gasteiger partial charge on any atom is 0.306 e. The molecule has 1 aliphatic rings. The highest BCUT2D eigenvalue weighted by Crippen LogP contribution is 2.51. The molecule has 0 radical (unpaired) electrons. The Hall–Kier alpha value is -0.680. The molecule has 1 saturated carbocycles. The van der Waals surface area contributed by atoms with E-state index in [-0.39, 0.29) is 11.4 Å². The average Bonchev–Trinajstić information content (AvgIpc) is 3.20. The zero-order chi connectivity index (χ0) is 14.4. The number of thioether (sulfide) groups is 1. The molecule has 0 aliphatic heterocycles. The van der Waals surface area contributed by atoms with Crippen LogP contribution in [0.5, 0.6) is 5.75 Å². The van der Waals surface area contributed by atoms with Crippen LogP contribution in [0.1, 0.15) is 19.3 Å². The van der Waals surface area contributed by atoms with Crippen molar-refractivity contribution in [3.8, 4) is 5.75 Å². The lowest BCUT2D eigenvalue weighted by molar-refractivity contribution is -0.141. The van der Waals surface area contributed by atoms with E-state index in [1.807, 2.05) is 36.0 Å². The number of ether oxygens (including phenoxy) is 2. The summed E-state index contributed by atoms with van der Waals surface area (Å²) < 4.78 is 11.5. The van der Waals surface area contributed by atoms with Crippen molar-refractivity contribution in [2.75, 3.05) is 25.2 Å². The lowest BCUT2D eigenvalue weighted by Crippen LogP contribution is -2.14. The number of benzene rings is 1. The Bertz CT molecular complexity index is 443. The number of esters is 1. The van der Waals surface area contributed by atoms with Crippen molar-refractivity contribution < 1.29 is 14.3 Å². The van der Waals surface area contributed by atoms with Gasteiger partial charge in [0.2, 0.25) is 0 Å². The molecule has 0 spiro atoms. The van der Waals surface area contributed by atoms with E-state index in [1.165, 1.54) is 7.11 Å². The van der Waals surface area contributed by atoms with Gasteiger partial charge in [-0.15, -0.1) is 0 Å². The molecule has 0 unspecified atom stereocenters. The summed E-state index contributed by atoms with van der Waals surface area (Å²) in [5, 5.41) is 0. The number of carbonyl (C=O) groups is 1. The van der Waals surface area contributed by atoms with Crippen molar-refractivity contribution in [3.05, 3.63) is 28.7 Å². The molecule has 3 nitrogen and oxygen atoms in total. The number of hydrogen-bond donors (Lipinski definition) is 0. The van der Waals surface area contributed by atoms with Crippen LogP contribution in [-0.4, -0.2) is 31.2 Å². The minimum Gasteiger partial charge on any atom is -0.493 e. The van der Waals surface area contributed by atoms with Crippen molar-refractivity contribution in [2.45, 2.75) is 19.3 Å². The van der Waals surface area contributed by atoms with Gasteiger partial charge in [-0.3, -0.25) is 4.79 Å². The van der Waals surface area contributed by atoms with Gasteiger partial charge in [-0.2, -0.15) is 11.8 Å². The highest BCUT2D eigenvalue weighted by molar-refractivity contribution is 9.10. The van der Waals surface area contributed by atoms with Gasteiger partial charge in [0.25, 0.3) is 0 Å². The lowest BCUT2D eigenvalue weighted by atomic mass is 10.1. The zero-order valence-electron chi connectivity index (χ0n) is 11.6. The van der Waals surface area contributed by atoms with Crippen molar-refractivity contribution in [1.29, 1.82) is 0 Å². The quantitative estimate of drug-likeness (QED) is 0.521. The summed E-state index contributed by atoms with van der Waals surface area (Å²) in [7, 11) is 1.46. The Morgan fingerprint density at radius 1 is 1.35 bits per heavy atom. The van der Waals surface area contributed by atoms with Gasteiger partial charge in [-0.05, 0) is 48.3 Å². The number of rotatable bonds is 8. The normalized spacial score (nSPS) is 15.7. The number of methoxy groups -OCH3 is 1. The number of carbonyl (C=O) groups excluding carboxylic acids is 1. The van der Waals surface area contributed by atoms with Crippen LogP contribution in [-0.2, 0) is 9.53 Å². The standard InChI is InChI=1S/C15H19BrO3S/c1-18-14(17)10-15(6-7-15)11-20-9-8-19-13-4-2-12(16)3-5-13/h2-5H,6-11H2,1H3. The Kier molecular flexibility index (Phi) is 5.78. The summed E-state index contributed by atoms with van der Waals surface area (Å²) in [5.41, 5.74) is 0.204. The fourth-order valence-electron chi connectivity index (χ4n) is 1.97. The first-order chi connectivity index (χ1) is 9.63. The molecule has 0 amide bonds. The molecule has 0 heterocycles. The molecule has 1 aliphatic carbocycles. The largest absolute Gasteiger partial charge is 0.493 e. The van der Waals surface area contributed by atoms with E-state index < -0.39 is 0 Å². The molecular formula is C15H19BrO3S. The summed E-state index contributed by atoms with van der Waals surface area (Å²) in [5.74, 6) is 2.77. The van der Waals surface area contributed by atoms with Gasteiger partial charge in [-0.1, -0.05) is 15.9 Å². The van der Waals surface area contributed by atoms with Crippen molar-refractivity contribution in [1.82, 2.24) is 0 Å². The molecule has 0 aromatic heterocycles. The SMILES string of the molecule is COC(=O)CC1(CSCCOc2ccc(Br)cc2)CC1. The summed E-state index contributed by atoms with van der Waals surface area (Å²) in [6.07, 6.45) is 2.84. The van der Waals surface area contributed by atoms with Crippen LogP contribution >= 0.6 is 27.7 Å². The Balaban J connectivity index is 1.60. The van der Waals surface area contributed by atoms with Crippen LogP contribution in [0.25, 0.3) is 0 Å². The minimum atomic E-state index is -0.0887. The van der Waals surface area contributed by atoms with Gasteiger partial charge in [0.1, 0.15) is 5.75 Å². The number of hydrogen-bond acceptors (Lipinski definition) is 4. The fourth-order valence-corrected chi connectivity index (χ4v) is 3.40. The summed E-state index contributed by atoms with van der Waals surface area (Å²) in [6.45, 7) is 0.695. The molecule has 1 aromatic rings. The first kappa shape index (κ1) is 15.7. The minimum absolute atomic E-state index is 0.0887. The van der Waals surface area contributed by atoms with Gasteiger partial charge in [0, 0.05) is 10.2 Å². The first-order valence-electron chi connectivity index (χ1n) is 6.66. The van der Waals surface area contributed by atoms with Crippen LogP contribution in [0.2, 0.25) is 0 Å². The molecule has 1 fully saturated rings. The zero-order valence-corrected chi connectivity index (χ0v) is 14.0. The second-order valence-corrected chi connectivity index (χ2v) is 7.13. The highest BCUT2D eigenvalue weighted by atomic mass is 79.9. The van der Waals surface area contributed by atoms with Crippen LogP contribution in [0, 0.1) is 5.41 Å². The average molecular weight is 359 g/mol. The van der Waals surface area contributed by atoms with E-state index in [4.69, 9.17) is 9.47 Å². The molecule has 0 saturated heterocycles. The molecule has 20 heavy (non-hydrogen) atoms. The van der Waals surface area contributed by atoms with Gasteiger partial charge >= 0.3 is 5.97 Å². The number of halogens is 1. The first-order valence-corrected chi connectivity index (χ1v) is 8.61. The van der Waals surface area contributed by atoms with Crippen LogP contribution in [0.4, 0.5) is 0 Å². The maximum absolute atomic E-state index is 11.3. The summed E-state index contributed by atoms with van der Waals surface area (Å²) in [4.78, 5) is 11.3. The van der Waals surface area contributed by atoms with Gasteiger partial charge < -0.3 is 9.47 Å². The lowest BCUT2D eigenvalue weighted by Gasteiger charge is -2.13. The van der Waals surface area contributed by atoms with E-state index in [9.17, 15) is 4.79 Å². The third-order valence-corrected chi connectivity index (χ3v) is 5.22. The predicted octanol–water partition coefficient (Wildman–Crippen LogP) is 3.90. The van der Waals surface area contributed by atoms with Crippen molar-refractivity contribution in [2.24, 2.45) is 5.41 Å².